The monoisotopic (exact) mass is 500 g/mol. The van der Waals surface area contributed by atoms with Gasteiger partial charge in [0.25, 0.3) is 0 Å². The van der Waals surface area contributed by atoms with Gasteiger partial charge < -0.3 is 10.3 Å². The lowest BCUT2D eigenvalue weighted by Crippen LogP contribution is -2.14. The minimum absolute atomic E-state index is 0.265. The van der Waals surface area contributed by atoms with Crippen molar-refractivity contribution >= 4 is 33.6 Å². The van der Waals surface area contributed by atoms with Crippen molar-refractivity contribution in [1.82, 2.24) is 35.2 Å². The number of fused-ring (bicyclic) bond motifs is 3. The summed E-state index contributed by atoms with van der Waals surface area (Å²) < 4.78 is 0. The summed E-state index contributed by atoms with van der Waals surface area (Å²) in [5.74, 6) is 2.36. The molecule has 2 N–H and O–H groups in total. The Kier molecular flexibility index (Phi) is 5.07. The third-order valence-electron chi connectivity index (χ3n) is 8.30. The van der Waals surface area contributed by atoms with Gasteiger partial charge in [-0.1, -0.05) is 37.1 Å². The van der Waals surface area contributed by atoms with Gasteiger partial charge in [-0.3, -0.25) is 0 Å². The second-order valence-electron chi connectivity index (χ2n) is 10.8. The molecule has 8 rings (SSSR count). The fourth-order valence-corrected chi connectivity index (χ4v) is 6.21. The van der Waals surface area contributed by atoms with Crippen LogP contribution in [0.3, 0.4) is 0 Å². The summed E-state index contributed by atoms with van der Waals surface area (Å²) in [4.78, 5) is 31.9. The van der Waals surface area contributed by atoms with E-state index in [1.54, 1.807) is 0 Å². The molecule has 2 fully saturated rings. The third-order valence-corrected chi connectivity index (χ3v) is 8.30. The molecule has 3 aliphatic rings. The highest BCUT2D eigenvalue weighted by Gasteiger charge is 2.27. The standard InChI is InChI=1S/C30H28N8/c1-2-5-17(4-1)23-14-24-27(35-23)32-15-25(34-24)20-9-7-19-13-21(10-8-18(19)12-20)26-16-33-29-30(36-26)38-28(37-29)22-6-3-11-31-22/h7-10,12-13,15-17,22,31H,1-6,11,14H2,(H,33,36,37,38)/t22-/m0/s1. The van der Waals surface area contributed by atoms with Crippen molar-refractivity contribution in [3.63, 3.8) is 0 Å². The average Bonchev–Trinajstić information content (AvgIpc) is 3.77. The van der Waals surface area contributed by atoms with Crippen molar-refractivity contribution in [1.29, 1.82) is 0 Å². The lowest BCUT2D eigenvalue weighted by molar-refractivity contribution is 0.614. The summed E-state index contributed by atoms with van der Waals surface area (Å²) in [6.07, 6.45) is 11.9. The molecule has 1 atom stereocenters. The van der Waals surface area contributed by atoms with E-state index >= 15 is 0 Å². The summed E-state index contributed by atoms with van der Waals surface area (Å²) in [5, 5.41) is 5.78. The number of aliphatic imine (C=N–C) groups is 1. The second-order valence-corrected chi connectivity index (χ2v) is 10.8. The Hall–Kier alpha value is -4.04. The Labute approximate surface area is 220 Å². The highest BCUT2D eigenvalue weighted by Crippen LogP contribution is 2.35. The van der Waals surface area contributed by atoms with Crippen LogP contribution in [0.25, 0.3) is 44.6 Å². The van der Waals surface area contributed by atoms with Crippen molar-refractivity contribution < 1.29 is 0 Å². The summed E-state index contributed by atoms with van der Waals surface area (Å²) in [6.45, 7) is 1.03. The van der Waals surface area contributed by atoms with E-state index in [0.29, 0.717) is 11.6 Å². The maximum Gasteiger partial charge on any atom is 0.197 e. The molecular formula is C30H28N8. The van der Waals surface area contributed by atoms with Crippen molar-refractivity contribution in [3.05, 3.63) is 60.3 Å². The maximum atomic E-state index is 4.97. The van der Waals surface area contributed by atoms with Gasteiger partial charge >= 0.3 is 0 Å². The molecule has 2 aliphatic heterocycles. The normalized spacial score (nSPS) is 19.5. The number of aromatic amines is 1. The number of benzene rings is 2. The molecule has 1 saturated heterocycles. The molecule has 1 aliphatic carbocycles. The lowest BCUT2D eigenvalue weighted by atomic mass is 9.99. The van der Waals surface area contributed by atoms with E-state index in [1.807, 2.05) is 12.4 Å². The van der Waals surface area contributed by atoms with E-state index < -0.39 is 0 Å². The van der Waals surface area contributed by atoms with Crippen molar-refractivity contribution in [2.24, 2.45) is 10.9 Å². The molecule has 38 heavy (non-hydrogen) atoms. The quantitative estimate of drug-likeness (QED) is 0.320. The first-order valence-corrected chi connectivity index (χ1v) is 13.7. The molecule has 0 amide bonds. The number of imidazole rings is 1. The van der Waals surface area contributed by atoms with Gasteiger partial charge in [-0.05, 0) is 61.1 Å². The molecule has 2 aromatic carbocycles. The molecule has 0 radical (unpaired) electrons. The van der Waals surface area contributed by atoms with E-state index in [1.165, 1.54) is 37.8 Å². The van der Waals surface area contributed by atoms with Crippen LogP contribution >= 0.6 is 0 Å². The summed E-state index contributed by atoms with van der Waals surface area (Å²) in [6, 6.07) is 13.1. The lowest BCUT2D eigenvalue weighted by Gasteiger charge is -2.08. The Balaban J connectivity index is 1.06. The second kappa shape index (κ2) is 8.77. The molecule has 5 aromatic rings. The van der Waals surface area contributed by atoms with E-state index in [-0.39, 0.29) is 6.04 Å². The first-order valence-electron chi connectivity index (χ1n) is 13.7. The minimum atomic E-state index is 0.265. The fraction of sp³-hybridized carbons (Fsp3) is 0.333. The van der Waals surface area contributed by atoms with Crippen LogP contribution in [-0.2, 0) is 6.42 Å². The van der Waals surface area contributed by atoms with E-state index in [9.17, 15) is 0 Å². The number of aromatic nitrogens is 6. The Morgan fingerprint density at radius 2 is 1.53 bits per heavy atom. The Morgan fingerprint density at radius 1 is 0.763 bits per heavy atom. The van der Waals surface area contributed by atoms with Crippen LogP contribution in [-0.4, -0.2) is 42.2 Å². The molecule has 188 valence electrons. The highest BCUT2D eigenvalue weighted by atomic mass is 15.1. The van der Waals surface area contributed by atoms with Gasteiger partial charge in [0.1, 0.15) is 5.82 Å². The number of nitrogens with one attached hydrogen (secondary N) is 2. The van der Waals surface area contributed by atoms with Crippen LogP contribution in [0.1, 0.15) is 56.1 Å². The molecular weight excluding hydrogens is 472 g/mol. The first kappa shape index (κ1) is 22.0. The van der Waals surface area contributed by atoms with Crippen molar-refractivity contribution in [2.75, 3.05) is 6.54 Å². The number of hydrogen-bond donors (Lipinski definition) is 2. The van der Waals surface area contributed by atoms with Crippen LogP contribution in [0, 0.1) is 5.92 Å². The first-order chi connectivity index (χ1) is 18.8. The highest BCUT2D eigenvalue weighted by molar-refractivity contribution is 5.95. The topological polar surface area (TPSA) is 105 Å². The van der Waals surface area contributed by atoms with Gasteiger partial charge in [0, 0.05) is 23.3 Å². The molecule has 3 aromatic heterocycles. The smallest absolute Gasteiger partial charge is 0.197 e. The van der Waals surface area contributed by atoms with Gasteiger partial charge in [0.2, 0.25) is 0 Å². The van der Waals surface area contributed by atoms with Crippen LogP contribution in [0.2, 0.25) is 0 Å². The van der Waals surface area contributed by atoms with E-state index in [4.69, 9.17) is 15.0 Å². The predicted molar refractivity (Wildman–Crippen MR) is 148 cm³/mol. The largest absolute Gasteiger partial charge is 0.324 e. The summed E-state index contributed by atoms with van der Waals surface area (Å²) >= 11 is 0. The van der Waals surface area contributed by atoms with Gasteiger partial charge in [0.15, 0.2) is 17.1 Å². The molecule has 8 heteroatoms. The van der Waals surface area contributed by atoms with Crippen LogP contribution in [0.4, 0.5) is 5.82 Å². The number of nitrogens with zero attached hydrogens (tertiary/aromatic N) is 6. The van der Waals surface area contributed by atoms with Gasteiger partial charge in [-0.2, -0.15) is 0 Å². The van der Waals surface area contributed by atoms with Crippen molar-refractivity contribution in [2.45, 2.75) is 51.0 Å². The Bertz CT molecular complexity index is 1720. The number of hydrogen-bond acceptors (Lipinski definition) is 7. The van der Waals surface area contributed by atoms with Crippen LogP contribution in [0.5, 0.6) is 0 Å². The van der Waals surface area contributed by atoms with Gasteiger partial charge in [-0.25, -0.2) is 29.9 Å². The molecule has 0 unspecified atom stereocenters. The predicted octanol–water partition coefficient (Wildman–Crippen LogP) is 5.87. The Morgan fingerprint density at radius 3 is 2.29 bits per heavy atom. The summed E-state index contributed by atoms with van der Waals surface area (Å²) in [5.41, 5.74) is 7.53. The van der Waals surface area contributed by atoms with E-state index in [2.05, 4.69) is 61.7 Å². The molecule has 1 saturated carbocycles. The zero-order chi connectivity index (χ0) is 25.1. The van der Waals surface area contributed by atoms with E-state index in [0.717, 1.165) is 75.7 Å². The number of rotatable bonds is 4. The minimum Gasteiger partial charge on any atom is -0.324 e. The molecule has 0 bridgehead atoms. The van der Waals surface area contributed by atoms with Gasteiger partial charge in [-0.15, -0.1) is 0 Å². The fourth-order valence-electron chi connectivity index (χ4n) is 6.21. The number of H-pyrrole nitrogens is 1. The molecule has 8 nitrogen and oxygen atoms in total. The third kappa shape index (κ3) is 3.79. The zero-order valence-electron chi connectivity index (χ0n) is 21.1. The maximum absolute atomic E-state index is 4.97. The average molecular weight is 501 g/mol. The van der Waals surface area contributed by atoms with Crippen molar-refractivity contribution in [3.8, 4) is 22.5 Å². The molecule has 5 heterocycles. The zero-order valence-corrected chi connectivity index (χ0v) is 21.1. The van der Waals surface area contributed by atoms with Crippen LogP contribution in [0.15, 0.2) is 53.8 Å². The van der Waals surface area contributed by atoms with Gasteiger partial charge in [0.05, 0.1) is 35.5 Å². The SMILES string of the molecule is c1cc2cc(-c3cnc4nc([C@@H]5CCCN5)[nH]c4n3)ccc2cc1-c1cnc2c(n1)CC(C1CCCC1)=N2. The molecule has 0 spiro atoms. The summed E-state index contributed by atoms with van der Waals surface area (Å²) in [7, 11) is 0. The van der Waals surface area contributed by atoms with Crippen LogP contribution < -0.4 is 5.32 Å².